The number of aliphatic carboxylic acids is 1. The number of hydrogen-bond acceptors (Lipinski definition) is 3. The lowest BCUT2D eigenvalue weighted by Crippen LogP contribution is -2.49. The molecular formula is C14H16N2O3. The molecule has 0 radical (unpaired) electrons. The molecule has 0 atom stereocenters. The highest BCUT2D eigenvalue weighted by Crippen LogP contribution is 2.19. The van der Waals surface area contributed by atoms with Crippen LogP contribution >= 0.6 is 0 Å². The third-order valence-electron chi connectivity index (χ3n) is 3.09. The molecule has 0 bridgehead atoms. The maximum atomic E-state index is 11.8. The molecule has 1 heterocycles. The molecule has 0 saturated carbocycles. The number of carboxylic acid groups (broad SMARTS) is 1. The quantitative estimate of drug-likeness (QED) is 0.629. The first-order valence-corrected chi connectivity index (χ1v) is 6.09. The summed E-state index contributed by atoms with van der Waals surface area (Å²) in [5, 5.41) is 8.62. The smallest absolute Gasteiger partial charge is 0.303 e. The molecule has 1 fully saturated rings. The molecule has 1 aromatic rings. The summed E-state index contributed by atoms with van der Waals surface area (Å²) in [5.41, 5.74) is 7.16. The van der Waals surface area contributed by atoms with E-state index in [1.54, 1.807) is 23.1 Å². The van der Waals surface area contributed by atoms with Gasteiger partial charge < -0.3 is 15.7 Å². The molecule has 0 unspecified atom stereocenters. The summed E-state index contributed by atoms with van der Waals surface area (Å²) in [7, 11) is 0. The summed E-state index contributed by atoms with van der Waals surface area (Å²) in [4.78, 5) is 23.9. The molecule has 3 N–H and O–H groups in total. The van der Waals surface area contributed by atoms with Crippen LogP contribution in [0.1, 0.15) is 12.0 Å². The first-order chi connectivity index (χ1) is 9.04. The molecule has 1 aromatic carbocycles. The third kappa shape index (κ3) is 3.58. The van der Waals surface area contributed by atoms with Crippen LogP contribution < -0.4 is 5.73 Å². The fourth-order valence-electron chi connectivity index (χ4n) is 2.01. The average Bonchev–Trinajstić information content (AvgIpc) is 2.32. The zero-order valence-corrected chi connectivity index (χ0v) is 10.5. The van der Waals surface area contributed by atoms with Crippen LogP contribution in [0.4, 0.5) is 5.69 Å². The zero-order chi connectivity index (χ0) is 13.8. The Morgan fingerprint density at radius 3 is 2.53 bits per heavy atom. The van der Waals surface area contributed by atoms with Crippen molar-refractivity contribution in [1.82, 2.24) is 4.90 Å². The monoisotopic (exact) mass is 260 g/mol. The summed E-state index contributed by atoms with van der Waals surface area (Å²) in [6.45, 7) is 1.05. The van der Waals surface area contributed by atoms with Crippen LogP contribution in [0, 0.1) is 5.92 Å². The van der Waals surface area contributed by atoms with Gasteiger partial charge in [0.2, 0.25) is 5.91 Å². The normalized spacial score (nSPS) is 15.5. The van der Waals surface area contributed by atoms with Gasteiger partial charge in [0.05, 0.1) is 6.42 Å². The second-order valence-electron chi connectivity index (χ2n) is 4.71. The van der Waals surface area contributed by atoms with E-state index in [1.807, 2.05) is 12.1 Å². The largest absolute Gasteiger partial charge is 0.481 e. The number of carboxylic acids is 1. The minimum absolute atomic E-state index is 0.0848. The van der Waals surface area contributed by atoms with Crippen molar-refractivity contribution in [1.29, 1.82) is 0 Å². The number of carbonyl (C=O) groups excluding carboxylic acids is 1. The highest BCUT2D eigenvalue weighted by molar-refractivity contribution is 5.92. The number of nitrogens with two attached hydrogens (primary N) is 1. The second kappa shape index (κ2) is 5.56. The summed E-state index contributed by atoms with van der Waals surface area (Å²) >= 11 is 0. The lowest BCUT2D eigenvalue weighted by atomic mass is 9.96. The molecular weight excluding hydrogens is 244 g/mol. The highest BCUT2D eigenvalue weighted by atomic mass is 16.4. The minimum atomic E-state index is -0.811. The lowest BCUT2D eigenvalue weighted by Gasteiger charge is -2.37. The van der Waals surface area contributed by atoms with Gasteiger partial charge in [-0.3, -0.25) is 9.59 Å². The van der Waals surface area contributed by atoms with Gasteiger partial charge in [-0.15, -0.1) is 0 Å². The van der Waals surface area contributed by atoms with Crippen molar-refractivity contribution in [2.75, 3.05) is 18.8 Å². The zero-order valence-electron chi connectivity index (χ0n) is 10.5. The van der Waals surface area contributed by atoms with Crippen LogP contribution in [0.25, 0.3) is 6.08 Å². The van der Waals surface area contributed by atoms with Gasteiger partial charge in [0.15, 0.2) is 0 Å². The molecule has 1 aliphatic rings. The van der Waals surface area contributed by atoms with Gasteiger partial charge >= 0.3 is 5.97 Å². The topological polar surface area (TPSA) is 83.6 Å². The molecule has 1 amide bonds. The summed E-state index contributed by atoms with van der Waals surface area (Å²) in [5.74, 6) is -0.806. The maximum Gasteiger partial charge on any atom is 0.303 e. The van der Waals surface area contributed by atoms with Crippen molar-refractivity contribution >= 4 is 23.6 Å². The fraction of sp³-hybridized carbons (Fsp3) is 0.286. The van der Waals surface area contributed by atoms with Crippen LogP contribution in [0.3, 0.4) is 0 Å². The molecule has 0 aromatic heterocycles. The lowest BCUT2D eigenvalue weighted by molar-refractivity contribution is -0.143. The first kappa shape index (κ1) is 13.1. The number of anilines is 1. The van der Waals surface area contributed by atoms with Gasteiger partial charge in [0, 0.05) is 30.8 Å². The Morgan fingerprint density at radius 2 is 1.95 bits per heavy atom. The summed E-state index contributed by atoms with van der Waals surface area (Å²) in [6, 6.07) is 7.22. The van der Waals surface area contributed by atoms with Crippen LogP contribution in [0.5, 0.6) is 0 Å². The Hall–Kier alpha value is -2.30. The Kier molecular flexibility index (Phi) is 3.85. The van der Waals surface area contributed by atoms with Crippen LogP contribution in [0.15, 0.2) is 30.3 Å². The number of rotatable bonds is 4. The van der Waals surface area contributed by atoms with Gasteiger partial charge in [-0.25, -0.2) is 0 Å². The molecule has 19 heavy (non-hydrogen) atoms. The van der Waals surface area contributed by atoms with Crippen LogP contribution in [-0.4, -0.2) is 35.0 Å². The highest BCUT2D eigenvalue weighted by Gasteiger charge is 2.30. The van der Waals surface area contributed by atoms with E-state index >= 15 is 0 Å². The molecule has 2 rings (SSSR count). The summed E-state index contributed by atoms with van der Waals surface area (Å²) in [6.07, 6.45) is 3.36. The van der Waals surface area contributed by atoms with Crippen molar-refractivity contribution in [3.63, 3.8) is 0 Å². The van der Waals surface area contributed by atoms with E-state index < -0.39 is 5.97 Å². The molecule has 1 aliphatic heterocycles. The van der Waals surface area contributed by atoms with Crippen molar-refractivity contribution < 1.29 is 14.7 Å². The SMILES string of the molecule is Nc1ccc(/C=C/C(=O)N2CC(CC(=O)O)C2)cc1. The summed E-state index contributed by atoms with van der Waals surface area (Å²) < 4.78 is 0. The van der Waals surface area contributed by atoms with Gasteiger partial charge in [-0.05, 0) is 23.8 Å². The van der Waals surface area contributed by atoms with E-state index in [0.29, 0.717) is 18.8 Å². The van der Waals surface area contributed by atoms with Crippen molar-refractivity contribution in [2.24, 2.45) is 5.92 Å². The number of nitrogens with zero attached hydrogens (tertiary/aromatic N) is 1. The Balaban J connectivity index is 1.82. The van der Waals surface area contributed by atoms with E-state index in [4.69, 9.17) is 10.8 Å². The molecule has 0 spiro atoms. The van der Waals surface area contributed by atoms with Crippen LogP contribution in [-0.2, 0) is 9.59 Å². The molecule has 100 valence electrons. The standard InChI is InChI=1S/C14H16N2O3/c15-12-4-1-10(2-5-12)3-6-13(17)16-8-11(9-16)7-14(18)19/h1-6,11H,7-9,15H2,(H,18,19)/b6-3+. The third-order valence-corrected chi connectivity index (χ3v) is 3.09. The van der Waals surface area contributed by atoms with E-state index in [-0.39, 0.29) is 18.2 Å². The number of benzene rings is 1. The number of amides is 1. The minimum Gasteiger partial charge on any atom is -0.481 e. The predicted molar refractivity (Wildman–Crippen MR) is 72.2 cm³/mol. The first-order valence-electron chi connectivity index (χ1n) is 6.09. The number of hydrogen-bond donors (Lipinski definition) is 2. The van der Waals surface area contributed by atoms with E-state index in [1.165, 1.54) is 6.08 Å². The van der Waals surface area contributed by atoms with Crippen molar-refractivity contribution in [2.45, 2.75) is 6.42 Å². The van der Waals surface area contributed by atoms with Gasteiger partial charge in [0.25, 0.3) is 0 Å². The molecule has 5 nitrogen and oxygen atoms in total. The number of carbonyl (C=O) groups is 2. The maximum absolute atomic E-state index is 11.8. The second-order valence-corrected chi connectivity index (χ2v) is 4.71. The average molecular weight is 260 g/mol. The van der Waals surface area contributed by atoms with E-state index in [2.05, 4.69) is 0 Å². The van der Waals surface area contributed by atoms with Gasteiger partial charge in [0.1, 0.15) is 0 Å². The van der Waals surface area contributed by atoms with Gasteiger partial charge in [-0.2, -0.15) is 0 Å². The predicted octanol–water partition coefficient (Wildman–Crippen LogP) is 1.22. The molecule has 1 saturated heterocycles. The molecule has 0 aliphatic carbocycles. The van der Waals surface area contributed by atoms with Crippen molar-refractivity contribution in [3.05, 3.63) is 35.9 Å². The Morgan fingerprint density at radius 1 is 1.32 bits per heavy atom. The number of likely N-dealkylation sites (tertiary alicyclic amines) is 1. The van der Waals surface area contributed by atoms with Crippen molar-refractivity contribution in [3.8, 4) is 0 Å². The van der Waals surface area contributed by atoms with Crippen LogP contribution in [0.2, 0.25) is 0 Å². The number of nitrogen functional groups attached to an aromatic ring is 1. The fourth-order valence-corrected chi connectivity index (χ4v) is 2.01. The Labute approximate surface area is 111 Å². The molecule has 5 heteroatoms. The Bertz CT molecular complexity index is 502. The van der Waals surface area contributed by atoms with E-state index in [9.17, 15) is 9.59 Å². The van der Waals surface area contributed by atoms with Gasteiger partial charge in [-0.1, -0.05) is 12.1 Å². The van der Waals surface area contributed by atoms with E-state index in [0.717, 1.165) is 5.56 Å².